The third-order valence-electron chi connectivity index (χ3n) is 4.61. The van der Waals surface area contributed by atoms with Crippen molar-refractivity contribution in [3.63, 3.8) is 0 Å². The summed E-state index contributed by atoms with van der Waals surface area (Å²) >= 11 is 0. The summed E-state index contributed by atoms with van der Waals surface area (Å²) < 4.78 is 23.4. The Bertz CT molecular complexity index is 580. The molecular formula is C16H14O4. The third-order valence-corrected chi connectivity index (χ3v) is 4.61. The zero-order valence-electron chi connectivity index (χ0n) is 11.3. The van der Waals surface area contributed by atoms with Crippen LogP contribution in [-0.4, -0.2) is 14.2 Å². The summed E-state index contributed by atoms with van der Waals surface area (Å²) in [5.74, 6) is 1.81. The van der Waals surface area contributed by atoms with E-state index in [1.165, 1.54) is 0 Å². The lowest BCUT2D eigenvalue weighted by Gasteiger charge is -2.22. The van der Waals surface area contributed by atoms with E-state index in [0.29, 0.717) is 0 Å². The van der Waals surface area contributed by atoms with Crippen molar-refractivity contribution in [3.8, 4) is 11.5 Å². The minimum Gasteiger partial charge on any atom is -0.496 e. The van der Waals surface area contributed by atoms with Gasteiger partial charge in [0.1, 0.15) is 35.9 Å². The molecule has 0 radical (unpaired) electrons. The zero-order valence-corrected chi connectivity index (χ0v) is 11.3. The monoisotopic (exact) mass is 270 g/mol. The molecule has 4 nitrogen and oxygen atoms in total. The van der Waals surface area contributed by atoms with E-state index in [2.05, 4.69) is 24.3 Å². The van der Waals surface area contributed by atoms with Crippen molar-refractivity contribution in [3.05, 3.63) is 46.6 Å². The molecule has 1 aromatic rings. The predicted octanol–water partition coefficient (Wildman–Crippen LogP) is 3.07. The second kappa shape index (κ2) is 3.45. The molecule has 0 spiro atoms. The standard InChI is InChI=1S/C16H14O4/c1-17-15-11-7-3-5-9(19-7)13(11)16(18-2)14-10-6-4-8(20-10)12(14)15/h3-10H,1-2H3/t7-,8?,9+,10?. The van der Waals surface area contributed by atoms with E-state index < -0.39 is 0 Å². The largest absolute Gasteiger partial charge is 0.496 e. The van der Waals surface area contributed by atoms with Crippen LogP contribution in [0.1, 0.15) is 46.7 Å². The van der Waals surface area contributed by atoms with Crippen molar-refractivity contribution < 1.29 is 18.9 Å². The van der Waals surface area contributed by atoms with Gasteiger partial charge in [-0.1, -0.05) is 24.3 Å². The molecule has 0 fully saturated rings. The molecule has 4 aliphatic heterocycles. The molecule has 0 aliphatic carbocycles. The predicted molar refractivity (Wildman–Crippen MR) is 71.0 cm³/mol. The van der Waals surface area contributed by atoms with E-state index in [9.17, 15) is 0 Å². The normalized spacial score (nSPS) is 33.7. The van der Waals surface area contributed by atoms with E-state index in [-0.39, 0.29) is 24.4 Å². The van der Waals surface area contributed by atoms with Gasteiger partial charge in [-0.2, -0.15) is 0 Å². The highest BCUT2D eigenvalue weighted by atomic mass is 16.5. The SMILES string of the molecule is COc1c2c(c(OC)c3c1[C@@H]1C=C[C@H]3O1)C1C=CC2O1. The van der Waals surface area contributed by atoms with Crippen LogP contribution in [0.2, 0.25) is 0 Å². The summed E-state index contributed by atoms with van der Waals surface area (Å²) in [5.41, 5.74) is 4.45. The molecule has 2 unspecified atom stereocenters. The molecule has 4 heterocycles. The average Bonchev–Trinajstić information content (AvgIpc) is 3.23. The first-order valence-corrected chi connectivity index (χ1v) is 6.82. The summed E-state index contributed by atoms with van der Waals surface area (Å²) in [6.07, 6.45) is 8.27. The van der Waals surface area contributed by atoms with Gasteiger partial charge in [0.25, 0.3) is 0 Å². The second-order valence-electron chi connectivity index (χ2n) is 5.45. The molecule has 0 saturated heterocycles. The molecule has 4 atom stereocenters. The van der Waals surface area contributed by atoms with Crippen molar-refractivity contribution in [2.45, 2.75) is 24.4 Å². The van der Waals surface area contributed by atoms with Crippen molar-refractivity contribution in [2.24, 2.45) is 0 Å². The van der Waals surface area contributed by atoms with Gasteiger partial charge in [0, 0.05) is 22.3 Å². The number of hydrogen-bond acceptors (Lipinski definition) is 4. The molecule has 102 valence electrons. The van der Waals surface area contributed by atoms with Gasteiger partial charge in [0.2, 0.25) is 0 Å². The minimum atomic E-state index is -0.0211. The Balaban J connectivity index is 1.89. The summed E-state index contributed by atoms with van der Waals surface area (Å²) in [7, 11) is 3.43. The maximum Gasteiger partial charge on any atom is 0.132 e. The van der Waals surface area contributed by atoms with Crippen LogP contribution in [0.25, 0.3) is 0 Å². The van der Waals surface area contributed by atoms with E-state index in [4.69, 9.17) is 18.9 Å². The van der Waals surface area contributed by atoms with Crippen molar-refractivity contribution in [1.29, 1.82) is 0 Å². The van der Waals surface area contributed by atoms with Gasteiger partial charge in [-0.05, 0) is 0 Å². The van der Waals surface area contributed by atoms with Gasteiger partial charge in [-0.15, -0.1) is 0 Å². The minimum absolute atomic E-state index is 0.0211. The fourth-order valence-corrected chi connectivity index (χ4v) is 3.91. The lowest BCUT2D eigenvalue weighted by molar-refractivity contribution is 0.0807. The number of rotatable bonds is 2. The fourth-order valence-electron chi connectivity index (χ4n) is 3.91. The molecule has 4 aliphatic rings. The highest BCUT2D eigenvalue weighted by molar-refractivity contribution is 5.69. The quantitative estimate of drug-likeness (QED) is 0.774. The van der Waals surface area contributed by atoms with Crippen LogP contribution in [-0.2, 0) is 9.47 Å². The Morgan fingerprint density at radius 3 is 1.20 bits per heavy atom. The number of ether oxygens (including phenoxy) is 4. The van der Waals surface area contributed by atoms with Crippen LogP contribution in [0.15, 0.2) is 24.3 Å². The van der Waals surface area contributed by atoms with E-state index in [0.717, 1.165) is 33.8 Å². The molecule has 0 N–H and O–H groups in total. The molecular weight excluding hydrogens is 256 g/mol. The molecule has 0 aromatic heterocycles. The van der Waals surface area contributed by atoms with Crippen LogP contribution in [0.4, 0.5) is 0 Å². The second-order valence-corrected chi connectivity index (χ2v) is 5.45. The molecule has 0 saturated carbocycles. The molecule has 20 heavy (non-hydrogen) atoms. The van der Waals surface area contributed by atoms with Crippen LogP contribution >= 0.6 is 0 Å². The Kier molecular flexibility index (Phi) is 1.89. The Morgan fingerprint density at radius 2 is 0.950 bits per heavy atom. The van der Waals surface area contributed by atoms with Crippen LogP contribution < -0.4 is 9.47 Å². The summed E-state index contributed by atoms with van der Waals surface area (Å²) in [5, 5.41) is 0. The first kappa shape index (κ1) is 10.9. The maximum absolute atomic E-state index is 5.96. The topological polar surface area (TPSA) is 36.9 Å². The number of methoxy groups -OCH3 is 2. The van der Waals surface area contributed by atoms with Crippen LogP contribution in [0, 0.1) is 0 Å². The summed E-state index contributed by atoms with van der Waals surface area (Å²) in [4.78, 5) is 0. The van der Waals surface area contributed by atoms with Gasteiger partial charge in [0.05, 0.1) is 14.2 Å². The van der Waals surface area contributed by atoms with Crippen LogP contribution in [0.3, 0.4) is 0 Å². The third kappa shape index (κ3) is 1.04. The van der Waals surface area contributed by atoms with Crippen LogP contribution in [0.5, 0.6) is 11.5 Å². The smallest absolute Gasteiger partial charge is 0.132 e. The van der Waals surface area contributed by atoms with Gasteiger partial charge in [-0.3, -0.25) is 0 Å². The number of fused-ring (bicyclic) bond motifs is 10. The Labute approximate surface area is 116 Å². The number of hydrogen-bond donors (Lipinski definition) is 0. The molecule has 1 aromatic carbocycles. The van der Waals surface area contributed by atoms with Gasteiger partial charge in [0.15, 0.2) is 0 Å². The van der Waals surface area contributed by atoms with Gasteiger partial charge >= 0.3 is 0 Å². The van der Waals surface area contributed by atoms with Gasteiger partial charge in [-0.25, -0.2) is 0 Å². The first-order valence-electron chi connectivity index (χ1n) is 6.82. The lowest BCUT2D eigenvalue weighted by atomic mass is 9.85. The first-order chi connectivity index (χ1) is 9.83. The maximum atomic E-state index is 5.96. The number of benzene rings is 1. The molecule has 4 heteroatoms. The van der Waals surface area contributed by atoms with Crippen molar-refractivity contribution >= 4 is 0 Å². The van der Waals surface area contributed by atoms with Crippen molar-refractivity contribution in [1.82, 2.24) is 0 Å². The van der Waals surface area contributed by atoms with E-state index >= 15 is 0 Å². The summed E-state index contributed by atoms with van der Waals surface area (Å²) in [6.45, 7) is 0. The van der Waals surface area contributed by atoms with Crippen molar-refractivity contribution in [2.75, 3.05) is 14.2 Å². The fraction of sp³-hybridized carbons (Fsp3) is 0.375. The van der Waals surface area contributed by atoms with E-state index in [1.54, 1.807) is 14.2 Å². The Morgan fingerprint density at radius 1 is 0.650 bits per heavy atom. The Hall–Kier alpha value is -1.78. The molecule has 5 rings (SSSR count). The highest BCUT2D eigenvalue weighted by Crippen LogP contribution is 2.62. The highest BCUT2D eigenvalue weighted by Gasteiger charge is 2.47. The summed E-state index contributed by atoms with van der Waals surface area (Å²) in [6, 6.07) is 0. The molecule has 0 amide bonds. The lowest BCUT2D eigenvalue weighted by Crippen LogP contribution is -2.08. The molecule has 4 bridgehead atoms. The van der Waals surface area contributed by atoms with Gasteiger partial charge < -0.3 is 18.9 Å². The zero-order chi connectivity index (χ0) is 13.4. The average molecular weight is 270 g/mol. The van der Waals surface area contributed by atoms with E-state index in [1.807, 2.05) is 0 Å².